The second kappa shape index (κ2) is 4.63. The lowest BCUT2D eigenvalue weighted by Gasteiger charge is -2.11. The molecule has 1 heterocycles. The Morgan fingerprint density at radius 3 is 2.82 bits per heavy atom. The van der Waals surface area contributed by atoms with Gasteiger partial charge in [-0.2, -0.15) is 0 Å². The van der Waals surface area contributed by atoms with Gasteiger partial charge in [0.2, 0.25) is 5.95 Å². The molecule has 0 unspecified atom stereocenters. The van der Waals surface area contributed by atoms with E-state index in [-0.39, 0.29) is 0 Å². The van der Waals surface area contributed by atoms with Crippen LogP contribution < -0.4 is 10.5 Å². The number of nitrogen functional groups attached to an aromatic ring is 1. The molecule has 0 amide bonds. The number of anilines is 1. The van der Waals surface area contributed by atoms with E-state index in [0.29, 0.717) is 5.95 Å². The summed E-state index contributed by atoms with van der Waals surface area (Å²) in [6.45, 7) is 1.75. The maximum Gasteiger partial charge on any atom is 0.201 e. The first kappa shape index (κ1) is 11.7. The maximum absolute atomic E-state index is 5.92. The molecule has 92 valence electrons. The zero-order valence-electron chi connectivity index (χ0n) is 10.5. The van der Waals surface area contributed by atoms with Crippen LogP contribution in [-0.4, -0.2) is 42.2 Å². The fourth-order valence-electron chi connectivity index (χ4n) is 1.78. The Hall–Kier alpha value is -1.75. The fraction of sp³-hybridized carbons (Fsp3) is 0.417. The van der Waals surface area contributed by atoms with Crippen molar-refractivity contribution in [2.75, 3.05) is 33.5 Å². The first-order valence-corrected chi connectivity index (χ1v) is 5.56. The molecule has 0 radical (unpaired) electrons. The van der Waals surface area contributed by atoms with E-state index in [1.165, 1.54) is 0 Å². The standard InChI is InChI=1S/C12H18N4O/c1-15(2)6-7-16-11-8-9(17-3)4-5-10(11)14-12(16)13/h4-5,8H,6-7H2,1-3H3,(H2,13,14). The van der Waals surface area contributed by atoms with Gasteiger partial charge in [0.15, 0.2) is 0 Å². The molecule has 0 aliphatic carbocycles. The van der Waals surface area contributed by atoms with Crippen LogP contribution in [0.2, 0.25) is 0 Å². The lowest BCUT2D eigenvalue weighted by molar-refractivity contribution is 0.387. The number of rotatable bonds is 4. The van der Waals surface area contributed by atoms with Crippen molar-refractivity contribution in [2.24, 2.45) is 0 Å². The molecule has 1 aromatic carbocycles. The van der Waals surface area contributed by atoms with Crippen LogP contribution in [0.5, 0.6) is 5.75 Å². The molecule has 0 saturated carbocycles. The highest BCUT2D eigenvalue weighted by atomic mass is 16.5. The molecule has 2 aromatic rings. The quantitative estimate of drug-likeness (QED) is 0.863. The number of ether oxygens (including phenoxy) is 1. The number of methoxy groups -OCH3 is 1. The van der Waals surface area contributed by atoms with Crippen molar-refractivity contribution < 1.29 is 4.74 Å². The summed E-state index contributed by atoms with van der Waals surface area (Å²) in [5, 5.41) is 0. The van der Waals surface area contributed by atoms with E-state index in [9.17, 15) is 0 Å². The Morgan fingerprint density at radius 1 is 1.41 bits per heavy atom. The van der Waals surface area contributed by atoms with Gasteiger partial charge in [-0.15, -0.1) is 0 Å². The number of hydrogen-bond acceptors (Lipinski definition) is 4. The van der Waals surface area contributed by atoms with Gasteiger partial charge in [-0.1, -0.05) is 0 Å². The monoisotopic (exact) mass is 234 g/mol. The largest absolute Gasteiger partial charge is 0.497 e. The van der Waals surface area contributed by atoms with E-state index < -0.39 is 0 Å². The topological polar surface area (TPSA) is 56.3 Å². The molecule has 0 saturated heterocycles. The van der Waals surface area contributed by atoms with Crippen molar-refractivity contribution in [1.29, 1.82) is 0 Å². The number of nitrogens with two attached hydrogens (primary N) is 1. The van der Waals surface area contributed by atoms with E-state index in [4.69, 9.17) is 10.5 Å². The second-order valence-corrected chi connectivity index (χ2v) is 4.28. The van der Waals surface area contributed by atoms with Gasteiger partial charge in [0, 0.05) is 19.2 Å². The number of imidazole rings is 1. The molecular formula is C12H18N4O. The molecule has 2 N–H and O–H groups in total. The lowest BCUT2D eigenvalue weighted by atomic mass is 10.3. The minimum absolute atomic E-state index is 0.551. The summed E-state index contributed by atoms with van der Waals surface area (Å²) in [5.41, 5.74) is 7.85. The summed E-state index contributed by atoms with van der Waals surface area (Å²) in [6, 6.07) is 5.79. The third-order valence-electron chi connectivity index (χ3n) is 2.76. The van der Waals surface area contributed by atoms with Gasteiger partial charge in [0.25, 0.3) is 0 Å². The summed E-state index contributed by atoms with van der Waals surface area (Å²) in [7, 11) is 5.73. The number of likely N-dealkylation sites (N-methyl/N-ethyl adjacent to an activating group) is 1. The Balaban J connectivity index is 2.41. The SMILES string of the molecule is COc1ccc2nc(N)n(CCN(C)C)c2c1. The highest BCUT2D eigenvalue weighted by Gasteiger charge is 2.09. The summed E-state index contributed by atoms with van der Waals surface area (Å²) in [5.74, 6) is 1.37. The molecule has 0 aliphatic heterocycles. The molecule has 0 aliphatic rings. The van der Waals surface area contributed by atoms with Gasteiger partial charge in [-0.05, 0) is 26.2 Å². The average Bonchev–Trinajstić information content (AvgIpc) is 2.61. The zero-order valence-corrected chi connectivity index (χ0v) is 10.5. The van der Waals surface area contributed by atoms with E-state index in [0.717, 1.165) is 29.9 Å². The molecule has 2 rings (SSSR count). The van der Waals surface area contributed by atoms with Crippen molar-refractivity contribution >= 4 is 17.0 Å². The predicted molar refractivity (Wildman–Crippen MR) is 69.3 cm³/mol. The minimum Gasteiger partial charge on any atom is -0.497 e. The number of benzene rings is 1. The average molecular weight is 234 g/mol. The summed E-state index contributed by atoms with van der Waals surface area (Å²) >= 11 is 0. The van der Waals surface area contributed by atoms with E-state index >= 15 is 0 Å². The van der Waals surface area contributed by atoms with Crippen LogP contribution in [0.15, 0.2) is 18.2 Å². The van der Waals surface area contributed by atoms with Crippen LogP contribution in [0.1, 0.15) is 0 Å². The Kier molecular flexibility index (Phi) is 3.19. The molecule has 1 aromatic heterocycles. The second-order valence-electron chi connectivity index (χ2n) is 4.28. The van der Waals surface area contributed by atoms with Crippen molar-refractivity contribution in [2.45, 2.75) is 6.54 Å². The minimum atomic E-state index is 0.551. The van der Waals surface area contributed by atoms with Gasteiger partial charge in [0.1, 0.15) is 5.75 Å². The van der Waals surface area contributed by atoms with Crippen LogP contribution in [0, 0.1) is 0 Å². The number of hydrogen-bond donors (Lipinski definition) is 1. The molecule has 0 bridgehead atoms. The normalized spacial score (nSPS) is 11.3. The van der Waals surface area contributed by atoms with Gasteiger partial charge in [-0.25, -0.2) is 4.98 Å². The Labute approximate surface area is 101 Å². The smallest absolute Gasteiger partial charge is 0.201 e. The maximum atomic E-state index is 5.92. The third kappa shape index (κ3) is 2.34. The molecular weight excluding hydrogens is 216 g/mol. The van der Waals surface area contributed by atoms with Crippen LogP contribution in [-0.2, 0) is 6.54 Å². The number of fused-ring (bicyclic) bond motifs is 1. The Bertz CT molecular complexity index is 518. The molecule has 5 heteroatoms. The van der Waals surface area contributed by atoms with Gasteiger partial charge >= 0.3 is 0 Å². The molecule has 5 nitrogen and oxygen atoms in total. The van der Waals surface area contributed by atoms with E-state index in [1.807, 2.05) is 36.9 Å². The summed E-state index contributed by atoms with van der Waals surface area (Å²) in [6.07, 6.45) is 0. The Morgan fingerprint density at radius 2 is 2.18 bits per heavy atom. The highest BCUT2D eigenvalue weighted by Crippen LogP contribution is 2.22. The number of aromatic nitrogens is 2. The molecule has 0 atom stereocenters. The zero-order chi connectivity index (χ0) is 12.4. The van der Waals surface area contributed by atoms with Crippen LogP contribution in [0.3, 0.4) is 0 Å². The molecule has 0 fully saturated rings. The highest BCUT2D eigenvalue weighted by molar-refractivity contribution is 5.79. The van der Waals surface area contributed by atoms with Crippen molar-refractivity contribution in [3.63, 3.8) is 0 Å². The van der Waals surface area contributed by atoms with Gasteiger partial charge in [0.05, 0.1) is 18.1 Å². The van der Waals surface area contributed by atoms with Crippen LogP contribution in [0.4, 0.5) is 5.95 Å². The van der Waals surface area contributed by atoms with Crippen molar-refractivity contribution in [1.82, 2.24) is 14.5 Å². The van der Waals surface area contributed by atoms with E-state index in [1.54, 1.807) is 7.11 Å². The lowest BCUT2D eigenvalue weighted by Crippen LogP contribution is -2.19. The fourth-order valence-corrected chi connectivity index (χ4v) is 1.78. The molecule has 0 spiro atoms. The first-order chi connectivity index (χ1) is 8.11. The van der Waals surface area contributed by atoms with Crippen molar-refractivity contribution in [3.05, 3.63) is 18.2 Å². The van der Waals surface area contributed by atoms with Crippen LogP contribution in [0.25, 0.3) is 11.0 Å². The third-order valence-corrected chi connectivity index (χ3v) is 2.76. The van der Waals surface area contributed by atoms with Gasteiger partial charge in [-0.3, -0.25) is 0 Å². The van der Waals surface area contributed by atoms with E-state index in [2.05, 4.69) is 9.88 Å². The van der Waals surface area contributed by atoms with Crippen molar-refractivity contribution in [3.8, 4) is 5.75 Å². The number of nitrogens with zero attached hydrogens (tertiary/aromatic N) is 3. The first-order valence-electron chi connectivity index (χ1n) is 5.56. The molecule has 17 heavy (non-hydrogen) atoms. The van der Waals surface area contributed by atoms with Gasteiger partial charge < -0.3 is 19.9 Å². The summed E-state index contributed by atoms with van der Waals surface area (Å²) in [4.78, 5) is 6.45. The summed E-state index contributed by atoms with van der Waals surface area (Å²) < 4.78 is 7.23. The predicted octanol–water partition coefficient (Wildman–Crippen LogP) is 1.19. The van der Waals surface area contributed by atoms with Crippen LogP contribution >= 0.6 is 0 Å².